The Bertz CT molecular complexity index is 1000. The maximum atomic E-state index is 12.4. The van der Waals surface area contributed by atoms with Crippen molar-refractivity contribution < 1.29 is 27.5 Å². The first-order valence-electron chi connectivity index (χ1n) is 9.78. The third-order valence-electron chi connectivity index (χ3n) is 3.49. The van der Waals surface area contributed by atoms with E-state index in [4.69, 9.17) is 9.47 Å². The van der Waals surface area contributed by atoms with E-state index in [-0.39, 0.29) is 48.2 Å². The first-order valence-corrected chi connectivity index (χ1v) is 13.2. The molecule has 0 aromatic carbocycles. The number of anilines is 2. The molecular weight excluding hydrogens is 480 g/mol. The highest BCUT2D eigenvalue weighted by Gasteiger charge is 2.17. The molecular formula is C17H26N6O6S3. The van der Waals surface area contributed by atoms with E-state index in [1.54, 1.807) is 27.7 Å². The van der Waals surface area contributed by atoms with Crippen LogP contribution in [0.1, 0.15) is 37.7 Å². The van der Waals surface area contributed by atoms with Crippen LogP contribution in [0.15, 0.2) is 0 Å². The van der Waals surface area contributed by atoms with Gasteiger partial charge in [-0.3, -0.25) is 10.1 Å². The lowest BCUT2D eigenvalue weighted by molar-refractivity contribution is -0.145. The average molecular weight is 507 g/mol. The molecule has 32 heavy (non-hydrogen) atoms. The molecule has 0 aliphatic rings. The molecule has 0 radical (unpaired) electrons. The molecule has 0 fully saturated rings. The summed E-state index contributed by atoms with van der Waals surface area (Å²) in [7, 11) is -3.37. The number of amides is 1. The summed E-state index contributed by atoms with van der Waals surface area (Å²) >= 11 is 2.28. The van der Waals surface area contributed by atoms with E-state index >= 15 is 0 Å². The molecule has 2 N–H and O–H groups in total. The summed E-state index contributed by atoms with van der Waals surface area (Å²) in [6.07, 6.45) is -0.722. The molecule has 2 rings (SSSR count). The van der Waals surface area contributed by atoms with Gasteiger partial charge in [0, 0.05) is 12.8 Å². The molecule has 0 bridgehead atoms. The van der Waals surface area contributed by atoms with Crippen molar-refractivity contribution in [2.45, 2.75) is 52.7 Å². The van der Waals surface area contributed by atoms with E-state index < -0.39 is 21.9 Å². The number of hydrogen-bond acceptors (Lipinski definition) is 13. The van der Waals surface area contributed by atoms with E-state index in [1.165, 1.54) is 11.3 Å². The average Bonchev–Trinajstić information content (AvgIpc) is 3.31. The fourth-order valence-electron chi connectivity index (χ4n) is 2.20. The lowest BCUT2D eigenvalue weighted by Gasteiger charge is -2.07. The van der Waals surface area contributed by atoms with Crippen LogP contribution in [0.3, 0.4) is 0 Å². The van der Waals surface area contributed by atoms with Gasteiger partial charge in [0.25, 0.3) is 0 Å². The Kier molecular flexibility index (Phi) is 9.71. The summed E-state index contributed by atoms with van der Waals surface area (Å²) in [4.78, 5) is 23.1. The third-order valence-corrected chi connectivity index (χ3v) is 6.98. The Hall–Kier alpha value is -2.39. The quantitative estimate of drug-likeness (QED) is 0.404. The van der Waals surface area contributed by atoms with Gasteiger partial charge in [-0.1, -0.05) is 22.7 Å². The molecule has 15 heteroatoms. The van der Waals surface area contributed by atoms with E-state index in [0.29, 0.717) is 15.1 Å². The van der Waals surface area contributed by atoms with Crippen molar-refractivity contribution >= 4 is 54.8 Å². The van der Waals surface area contributed by atoms with Crippen molar-refractivity contribution in [3.63, 3.8) is 0 Å². The molecule has 0 aliphatic carbocycles. The van der Waals surface area contributed by atoms with E-state index in [1.807, 2.05) is 0 Å². The predicted molar refractivity (Wildman–Crippen MR) is 121 cm³/mol. The van der Waals surface area contributed by atoms with Crippen molar-refractivity contribution in [1.29, 1.82) is 0 Å². The first kappa shape index (κ1) is 25.9. The van der Waals surface area contributed by atoms with Crippen LogP contribution in [0.2, 0.25) is 0 Å². The van der Waals surface area contributed by atoms with Crippen molar-refractivity contribution in [3.8, 4) is 0 Å². The van der Waals surface area contributed by atoms with Crippen LogP contribution in [0.4, 0.5) is 15.1 Å². The molecule has 0 saturated carbocycles. The van der Waals surface area contributed by atoms with Crippen LogP contribution in [-0.4, -0.2) is 71.1 Å². The molecule has 0 saturated heterocycles. The van der Waals surface area contributed by atoms with Crippen LogP contribution < -0.4 is 10.6 Å². The number of rotatable bonds is 12. The molecule has 2 heterocycles. The number of carbonyl (C=O) groups excluding carboxylic acids is 2. The SMILES string of the molecule is CC(C)OC(=O)CNc1nnc(CCS(=O)(=O)CCc2nnc(NC(=O)OC(C)C)s2)s1. The maximum absolute atomic E-state index is 12.4. The van der Waals surface area contributed by atoms with Gasteiger partial charge in [0.2, 0.25) is 10.3 Å². The lowest BCUT2D eigenvalue weighted by atomic mass is 10.5. The van der Waals surface area contributed by atoms with E-state index in [9.17, 15) is 18.0 Å². The monoisotopic (exact) mass is 506 g/mol. The largest absolute Gasteiger partial charge is 0.462 e. The highest BCUT2D eigenvalue weighted by Crippen LogP contribution is 2.18. The van der Waals surface area contributed by atoms with Gasteiger partial charge in [-0.2, -0.15) is 0 Å². The van der Waals surface area contributed by atoms with E-state index in [2.05, 4.69) is 31.0 Å². The lowest BCUT2D eigenvalue weighted by Crippen LogP contribution is -2.20. The molecule has 1 amide bonds. The molecule has 12 nitrogen and oxygen atoms in total. The predicted octanol–water partition coefficient (Wildman–Crippen LogP) is 1.91. The number of nitrogens with zero attached hydrogens (tertiary/aromatic N) is 4. The second-order valence-electron chi connectivity index (χ2n) is 7.12. The summed E-state index contributed by atoms with van der Waals surface area (Å²) in [5.74, 6) is -0.615. The number of nitrogens with one attached hydrogen (secondary N) is 2. The fourth-order valence-corrected chi connectivity index (χ4v) is 5.13. The Morgan fingerprint density at radius 1 is 0.875 bits per heavy atom. The minimum atomic E-state index is -3.37. The summed E-state index contributed by atoms with van der Waals surface area (Å²) in [5, 5.41) is 22.5. The summed E-state index contributed by atoms with van der Waals surface area (Å²) in [6, 6.07) is 0. The third kappa shape index (κ3) is 9.82. The van der Waals surface area contributed by atoms with Crippen LogP contribution in [0.25, 0.3) is 0 Å². The van der Waals surface area contributed by atoms with Gasteiger partial charge in [-0.25, -0.2) is 13.2 Å². The smallest absolute Gasteiger partial charge is 0.413 e. The Morgan fingerprint density at radius 2 is 1.41 bits per heavy atom. The number of carbonyl (C=O) groups is 2. The number of sulfone groups is 1. The molecule has 0 aliphatic heterocycles. The highest BCUT2D eigenvalue weighted by atomic mass is 32.2. The number of esters is 1. The number of aromatic nitrogens is 4. The van der Waals surface area contributed by atoms with Gasteiger partial charge < -0.3 is 14.8 Å². The zero-order chi connectivity index (χ0) is 23.7. The van der Waals surface area contributed by atoms with Crippen LogP contribution >= 0.6 is 22.7 Å². The molecule has 0 atom stereocenters. The minimum absolute atomic E-state index is 0.0427. The normalized spacial score (nSPS) is 11.6. The van der Waals surface area contributed by atoms with Gasteiger partial charge in [-0.05, 0) is 27.7 Å². The van der Waals surface area contributed by atoms with E-state index in [0.717, 1.165) is 11.3 Å². The zero-order valence-electron chi connectivity index (χ0n) is 18.2. The van der Waals surface area contributed by atoms with Crippen molar-refractivity contribution in [2.24, 2.45) is 0 Å². The van der Waals surface area contributed by atoms with Gasteiger partial charge in [0.05, 0.1) is 23.7 Å². The van der Waals surface area contributed by atoms with Crippen LogP contribution in [0.5, 0.6) is 0 Å². The van der Waals surface area contributed by atoms with Gasteiger partial charge >= 0.3 is 12.1 Å². The summed E-state index contributed by atoms with van der Waals surface area (Å²) < 4.78 is 34.7. The minimum Gasteiger partial charge on any atom is -0.462 e. The fraction of sp³-hybridized carbons (Fsp3) is 0.647. The van der Waals surface area contributed by atoms with Gasteiger partial charge in [0.1, 0.15) is 16.6 Å². The summed E-state index contributed by atoms with van der Waals surface area (Å²) in [6.45, 7) is 6.91. The molecule has 2 aromatic rings. The molecule has 178 valence electrons. The van der Waals surface area contributed by atoms with Gasteiger partial charge in [-0.15, -0.1) is 20.4 Å². The standard InChI is InChI=1S/C17H26N6O6S3/c1-10(2)28-14(24)9-18-15-22-20-12(30-15)5-7-32(26,27)8-6-13-21-23-16(31-13)19-17(25)29-11(3)4/h10-11H,5-9H2,1-4H3,(H,18,22)(H,19,23,25). The van der Waals surface area contributed by atoms with Crippen molar-refractivity contribution in [3.05, 3.63) is 10.0 Å². The maximum Gasteiger partial charge on any atom is 0.413 e. The second-order valence-corrected chi connectivity index (χ2v) is 11.6. The van der Waals surface area contributed by atoms with Crippen LogP contribution in [-0.2, 0) is 36.9 Å². The van der Waals surface area contributed by atoms with Crippen LogP contribution in [0, 0.1) is 0 Å². The Labute approximate surface area is 194 Å². The summed E-state index contributed by atoms with van der Waals surface area (Å²) in [5.41, 5.74) is 0. The Balaban J connectivity index is 1.76. The number of ether oxygens (including phenoxy) is 2. The number of hydrogen-bond donors (Lipinski definition) is 2. The molecule has 2 aromatic heterocycles. The topological polar surface area (TPSA) is 162 Å². The first-order chi connectivity index (χ1) is 15.0. The Morgan fingerprint density at radius 3 is 1.97 bits per heavy atom. The molecule has 0 unspecified atom stereocenters. The highest BCUT2D eigenvalue weighted by molar-refractivity contribution is 7.91. The molecule has 0 spiro atoms. The van der Waals surface area contributed by atoms with Crippen molar-refractivity contribution in [2.75, 3.05) is 28.7 Å². The van der Waals surface area contributed by atoms with Gasteiger partial charge in [0.15, 0.2) is 9.84 Å². The second kappa shape index (κ2) is 12.0. The zero-order valence-corrected chi connectivity index (χ0v) is 20.6. The van der Waals surface area contributed by atoms with Crippen molar-refractivity contribution in [1.82, 2.24) is 20.4 Å². The number of aryl methyl sites for hydroxylation is 2.